The summed E-state index contributed by atoms with van der Waals surface area (Å²) in [5, 5.41) is 10.1. The Morgan fingerprint density at radius 1 is 1.06 bits per heavy atom. The average Bonchev–Trinajstić information content (AvgIpc) is 2.76. The van der Waals surface area contributed by atoms with Crippen LogP contribution in [-0.2, 0) is 4.74 Å². The van der Waals surface area contributed by atoms with Crippen molar-refractivity contribution in [2.24, 2.45) is 5.73 Å². The summed E-state index contributed by atoms with van der Waals surface area (Å²) in [5.41, 5.74) is 7.85. The van der Waals surface area contributed by atoms with E-state index in [9.17, 15) is 9.90 Å². The fourth-order valence-corrected chi connectivity index (χ4v) is 3.20. The van der Waals surface area contributed by atoms with Gasteiger partial charge in [0, 0.05) is 0 Å². The molecule has 0 aliphatic heterocycles. The standard InChI is InChI=1S/C26H41NO3.ClH/c1-3-4-5-6-7-8-11-16-22(2)17-12-9-15-20-25(28)24(27)21-30-26(29)23-18-13-10-14-19-23;/h10,13-15,17-20,24-25,28H,3-9,11-12,16,21,27H2,1-2H3;1H/b20-15+,22-17+;. The second-order valence-electron chi connectivity index (χ2n) is 8.05. The van der Waals surface area contributed by atoms with Crippen molar-refractivity contribution in [3.8, 4) is 0 Å². The highest BCUT2D eigenvalue weighted by atomic mass is 35.5. The third kappa shape index (κ3) is 14.9. The van der Waals surface area contributed by atoms with Crippen LogP contribution in [0.5, 0.6) is 0 Å². The summed E-state index contributed by atoms with van der Waals surface area (Å²) < 4.78 is 5.18. The second kappa shape index (κ2) is 19.1. The fraction of sp³-hybridized carbons (Fsp3) is 0.577. The maximum absolute atomic E-state index is 11.9. The van der Waals surface area contributed by atoms with Gasteiger partial charge in [-0.3, -0.25) is 0 Å². The summed E-state index contributed by atoms with van der Waals surface area (Å²) in [5.74, 6) is -0.427. The zero-order chi connectivity index (χ0) is 22.0. The molecule has 31 heavy (non-hydrogen) atoms. The predicted octanol–water partition coefficient (Wildman–Crippen LogP) is 6.38. The number of hydrogen-bond donors (Lipinski definition) is 2. The topological polar surface area (TPSA) is 72.6 Å². The molecule has 2 atom stereocenters. The first-order valence-electron chi connectivity index (χ1n) is 11.5. The number of aliphatic hydroxyl groups is 1. The van der Waals surface area contributed by atoms with Crippen LogP contribution in [0.2, 0.25) is 0 Å². The molecular formula is C26H42ClNO3. The molecule has 1 rings (SSSR count). The van der Waals surface area contributed by atoms with Crippen LogP contribution >= 0.6 is 12.4 Å². The Hall–Kier alpha value is -1.62. The quantitative estimate of drug-likeness (QED) is 0.174. The summed E-state index contributed by atoms with van der Waals surface area (Å²) in [4.78, 5) is 11.9. The first-order chi connectivity index (χ1) is 14.5. The van der Waals surface area contributed by atoms with E-state index in [0.29, 0.717) is 5.56 Å². The number of unbranched alkanes of at least 4 members (excludes halogenated alkanes) is 7. The highest BCUT2D eigenvalue weighted by Crippen LogP contribution is 2.13. The summed E-state index contributed by atoms with van der Waals surface area (Å²) >= 11 is 0. The second-order valence-corrected chi connectivity index (χ2v) is 8.05. The van der Waals surface area contributed by atoms with Crippen LogP contribution in [0.25, 0.3) is 0 Å². The van der Waals surface area contributed by atoms with E-state index in [1.807, 2.05) is 12.1 Å². The van der Waals surface area contributed by atoms with Gasteiger partial charge in [0.2, 0.25) is 0 Å². The lowest BCUT2D eigenvalue weighted by atomic mass is 10.0. The summed E-state index contributed by atoms with van der Waals surface area (Å²) in [6.45, 7) is 4.44. The number of ether oxygens (including phenoxy) is 1. The minimum Gasteiger partial charge on any atom is -0.460 e. The molecule has 0 radical (unpaired) electrons. The number of esters is 1. The molecule has 176 valence electrons. The van der Waals surface area contributed by atoms with Gasteiger partial charge in [-0.15, -0.1) is 12.4 Å². The van der Waals surface area contributed by atoms with Crippen LogP contribution < -0.4 is 5.73 Å². The molecular weight excluding hydrogens is 410 g/mol. The minimum atomic E-state index is -0.827. The van der Waals surface area contributed by atoms with Crippen LogP contribution in [0.1, 0.15) is 88.4 Å². The number of nitrogens with two attached hydrogens (primary N) is 1. The third-order valence-electron chi connectivity index (χ3n) is 5.19. The van der Waals surface area contributed by atoms with Gasteiger partial charge < -0.3 is 15.6 Å². The smallest absolute Gasteiger partial charge is 0.338 e. The number of carbonyl (C=O) groups is 1. The molecule has 4 nitrogen and oxygen atoms in total. The van der Waals surface area contributed by atoms with E-state index in [0.717, 1.165) is 12.8 Å². The van der Waals surface area contributed by atoms with Crippen LogP contribution in [0.3, 0.4) is 0 Å². The molecule has 0 aliphatic carbocycles. The maximum atomic E-state index is 11.9. The zero-order valence-electron chi connectivity index (χ0n) is 19.3. The number of aliphatic hydroxyl groups excluding tert-OH is 1. The SMILES string of the molecule is CCCCCCCCC/C(C)=C/CC/C=C/C(O)C(N)COC(=O)c1ccccc1.Cl. The van der Waals surface area contributed by atoms with Gasteiger partial charge in [0.15, 0.2) is 0 Å². The number of benzene rings is 1. The number of allylic oxidation sites excluding steroid dienone is 3. The van der Waals surface area contributed by atoms with Crippen LogP contribution in [0.4, 0.5) is 0 Å². The van der Waals surface area contributed by atoms with Gasteiger partial charge in [0.25, 0.3) is 0 Å². The molecule has 0 saturated heterocycles. The largest absolute Gasteiger partial charge is 0.460 e. The molecule has 2 unspecified atom stereocenters. The van der Waals surface area contributed by atoms with Crippen LogP contribution in [0, 0.1) is 0 Å². The molecule has 0 amide bonds. The lowest BCUT2D eigenvalue weighted by Crippen LogP contribution is -2.38. The molecule has 1 aromatic carbocycles. The van der Waals surface area contributed by atoms with E-state index in [1.165, 1.54) is 56.9 Å². The van der Waals surface area contributed by atoms with Crippen molar-refractivity contribution in [3.63, 3.8) is 0 Å². The Morgan fingerprint density at radius 2 is 1.71 bits per heavy atom. The number of hydrogen-bond acceptors (Lipinski definition) is 4. The molecule has 0 spiro atoms. The van der Waals surface area contributed by atoms with Crippen molar-refractivity contribution in [2.75, 3.05) is 6.61 Å². The van der Waals surface area contributed by atoms with Crippen molar-refractivity contribution in [2.45, 2.75) is 90.2 Å². The molecule has 0 heterocycles. The Balaban J connectivity index is 0.00000900. The lowest BCUT2D eigenvalue weighted by molar-refractivity contribution is 0.0418. The van der Waals surface area contributed by atoms with Crippen molar-refractivity contribution in [1.29, 1.82) is 0 Å². The fourth-order valence-electron chi connectivity index (χ4n) is 3.20. The molecule has 0 fully saturated rings. The zero-order valence-corrected chi connectivity index (χ0v) is 20.1. The van der Waals surface area contributed by atoms with Gasteiger partial charge in [0.1, 0.15) is 6.61 Å². The molecule has 3 N–H and O–H groups in total. The summed E-state index contributed by atoms with van der Waals surface area (Å²) in [7, 11) is 0. The predicted molar refractivity (Wildman–Crippen MR) is 133 cm³/mol. The van der Waals surface area contributed by atoms with E-state index >= 15 is 0 Å². The Morgan fingerprint density at radius 3 is 2.39 bits per heavy atom. The van der Waals surface area contributed by atoms with Crippen LogP contribution in [0.15, 0.2) is 54.1 Å². The first kappa shape index (κ1) is 29.4. The average molecular weight is 452 g/mol. The summed E-state index contributed by atoms with van der Waals surface area (Å²) in [6.07, 6.45) is 17.5. The first-order valence-corrected chi connectivity index (χ1v) is 11.5. The Labute approximate surface area is 195 Å². The molecule has 0 saturated carbocycles. The molecule has 0 bridgehead atoms. The van der Waals surface area contributed by atoms with Gasteiger partial charge in [-0.25, -0.2) is 4.79 Å². The van der Waals surface area contributed by atoms with Gasteiger partial charge in [-0.05, 0) is 44.7 Å². The van der Waals surface area contributed by atoms with Gasteiger partial charge in [0.05, 0.1) is 17.7 Å². The van der Waals surface area contributed by atoms with Gasteiger partial charge >= 0.3 is 5.97 Å². The Bertz CT molecular complexity index is 631. The van der Waals surface area contributed by atoms with Crippen LogP contribution in [-0.4, -0.2) is 29.8 Å². The number of rotatable bonds is 16. The number of carbonyl (C=O) groups excluding carboxylic acids is 1. The molecule has 5 heteroatoms. The highest BCUT2D eigenvalue weighted by molar-refractivity contribution is 5.89. The monoisotopic (exact) mass is 451 g/mol. The van der Waals surface area contributed by atoms with E-state index in [1.54, 1.807) is 30.3 Å². The van der Waals surface area contributed by atoms with E-state index in [2.05, 4.69) is 19.9 Å². The van der Waals surface area contributed by atoms with E-state index in [-0.39, 0.29) is 19.0 Å². The number of halogens is 1. The normalized spacial score (nSPS) is 13.6. The van der Waals surface area contributed by atoms with Crippen molar-refractivity contribution in [3.05, 3.63) is 59.7 Å². The summed E-state index contributed by atoms with van der Waals surface area (Å²) in [6, 6.07) is 8.13. The van der Waals surface area contributed by atoms with Crippen molar-refractivity contribution < 1.29 is 14.6 Å². The van der Waals surface area contributed by atoms with Gasteiger partial charge in [-0.2, -0.15) is 0 Å². The highest BCUT2D eigenvalue weighted by Gasteiger charge is 2.15. The molecule has 0 aromatic heterocycles. The maximum Gasteiger partial charge on any atom is 0.338 e. The van der Waals surface area contributed by atoms with Gasteiger partial charge in [-0.1, -0.05) is 87.4 Å². The van der Waals surface area contributed by atoms with E-state index < -0.39 is 18.1 Å². The Kier molecular flexibility index (Phi) is 18.1. The minimum absolute atomic E-state index is 0. The molecule has 1 aromatic rings. The van der Waals surface area contributed by atoms with E-state index in [4.69, 9.17) is 10.5 Å². The third-order valence-corrected chi connectivity index (χ3v) is 5.19. The van der Waals surface area contributed by atoms with Crippen molar-refractivity contribution in [1.82, 2.24) is 0 Å². The lowest BCUT2D eigenvalue weighted by Gasteiger charge is -2.15. The van der Waals surface area contributed by atoms with Crippen molar-refractivity contribution >= 4 is 18.4 Å². The molecule has 0 aliphatic rings.